The molecule has 0 spiro atoms. The molecule has 0 aromatic rings. The van der Waals surface area contributed by atoms with Crippen LogP contribution in [0.4, 0.5) is 4.79 Å². The molecule has 9 nitrogen and oxygen atoms in total. The molecule has 0 unspecified atom stereocenters. The fourth-order valence-corrected chi connectivity index (χ4v) is 0.911. The standard InChI is InChI=1S/C17H26O9/c1-11(9-21-25-16(3,4)5)13(18)23-15(20)24-14(19)12(2)10-22-26-17(6,7)8/h9-10H,1-8H3/b11-9+,12-10+. The van der Waals surface area contributed by atoms with Crippen LogP contribution in [0.15, 0.2) is 23.7 Å². The van der Waals surface area contributed by atoms with Gasteiger partial charge in [0.2, 0.25) is 0 Å². The molecule has 0 aromatic carbocycles. The Labute approximate surface area is 152 Å². The van der Waals surface area contributed by atoms with E-state index in [0.29, 0.717) is 0 Å². The predicted octanol–water partition coefficient (Wildman–Crippen LogP) is 3.49. The summed E-state index contributed by atoms with van der Waals surface area (Å²) in [7, 11) is 0. The Morgan fingerprint density at radius 2 is 0.962 bits per heavy atom. The molecule has 0 aliphatic heterocycles. The molecule has 9 heteroatoms. The second-order valence-electron chi connectivity index (χ2n) is 7.21. The Kier molecular flexibility index (Phi) is 9.02. The van der Waals surface area contributed by atoms with Gasteiger partial charge in [-0.05, 0) is 55.4 Å². The molecule has 26 heavy (non-hydrogen) atoms. The summed E-state index contributed by atoms with van der Waals surface area (Å²) in [4.78, 5) is 54.1. The van der Waals surface area contributed by atoms with Gasteiger partial charge in [-0.25, -0.2) is 14.4 Å². The van der Waals surface area contributed by atoms with E-state index in [0.717, 1.165) is 12.5 Å². The molecule has 0 bridgehead atoms. The van der Waals surface area contributed by atoms with E-state index in [2.05, 4.69) is 9.47 Å². The highest BCUT2D eigenvalue weighted by molar-refractivity contribution is 5.99. The zero-order valence-electron chi connectivity index (χ0n) is 16.3. The van der Waals surface area contributed by atoms with Crippen molar-refractivity contribution in [1.29, 1.82) is 0 Å². The minimum absolute atomic E-state index is 0.0761. The van der Waals surface area contributed by atoms with Crippen LogP contribution >= 0.6 is 0 Å². The third-order valence-corrected chi connectivity index (χ3v) is 2.04. The van der Waals surface area contributed by atoms with Crippen LogP contribution in [0.2, 0.25) is 0 Å². The first-order chi connectivity index (χ1) is 11.7. The number of hydrogen-bond donors (Lipinski definition) is 0. The Morgan fingerprint density at radius 1 is 0.654 bits per heavy atom. The van der Waals surface area contributed by atoms with Gasteiger partial charge in [0.05, 0.1) is 11.1 Å². The van der Waals surface area contributed by atoms with Gasteiger partial charge < -0.3 is 19.2 Å². The molecule has 0 saturated carbocycles. The average molecular weight is 374 g/mol. The van der Waals surface area contributed by atoms with Crippen LogP contribution in [0.5, 0.6) is 0 Å². The molecule has 148 valence electrons. The van der Waals surface area contributed by atoms with Gasteiger partial charge in [0.25, 0.3) is 0 Å². The minimum atomic E-state index is -1.49. The SMILES string of the molecule is C/C(=C\OOC(C)(C)C)C(=O)OC(=O)OC(=O)/C(C)=C/OOC(C)(C)C. The lowest BCUT2D eigenvalue weighted by Gasteiger charge is -2.16. The average Bonchev–Trinajstić information content (AvgIpc) is 2.43. The number of ether oxygens (including phenoxy) is 2. The monoisotopic (exact) mass is 374 g/mol. The summed E-state index contributed by atoms with van der Waals surface area (Å²) in [5.41, 5.74) is -1.33. The molecule has 0 aromatic heterocycles. The van der Waals surface area contributed by atoms with E-state index in [-0.39, 0.29) is 11.1 Å². The van der Waals surface area contributed by atoms with Gasteiger partial charge in [0.15, 0.2) is 0 Å². The van der Waals surface area contributed by atoms with Crippen molar-refractivity contribution in [3.63, 3.8) is 0 Å². The van der Waals surface area contributed by atoms with E-state index in [4.69, 9.17) is 19.6 Å². The molecule has 0 radical (unpaired) electrons. The molecule has 0 amide bonds. The van der Waals surface area contributed by atoms with Crippen molar-refractivity contribution in [2.24, 2.45) is 0 Å². The third kappa shape index (κ3) is 12.0. The topological polar surface area (TPSA) is 107 Å². The second-order valence-corrected chi connectivity index (χ2v) is 7.21. The normalized spacial score (nSPS) is 13.1. The number of esters is 2. The highest BCUT2D eigenvalue weighted by Gasteiger charge is 2.20. The summed E-state index contributed by atoms with van der Waals surface area (Å²) in [6.45, 7) is 13.1. The predicted molar refractivity (Wildman–Crippen MR) is 88.9 cm³/mol. The van der Waals surface area contributed by atoms with Crippen LogP contribution in [-0.2, 0) is 38.6 Å². The van der Waals surface area contributed by atoms with Gasteiger partial charge >= 0.3 is 18.1 Å². The molecule has 0 atom stereocenters. The van der Waals surface area contributed by atoms with E-state index in [1.54, 1.807) is 41.5 Å². The molecule has 0 fully saturated rings. The van der Waals surface area contributed by atoms with Crippen LogP contribution in [-0.4, -0.2) is 29.3 Å². The van der Waals surface area contributed by atoms with Gasteiger partial charge in [0.1, 0.15) is 23.7 Å². The van der Waals surface area contributed by atoms with E-state index in [1.807, 2.05) is 0 Å². The van der Waals surface area contributed by atoms with Crippen molar-refractivity contribution < 1.29 is 43.4 Å². The van der Waals surface area contributed by atoms with Crippen LogP contribution < -0.4 is 0 Å². The highest BCUT2D eigenvalue weighted by atomic mass is 17.2. The lowest BCUT2D eigenvalue weighted by molar-refractivity contribution is -0.310. The van der Waals surface area contributed by atoms with E-state index >= 15 is 0 Å². The van der Waals surface area contributed by atoms with Crippen molar-refractivity contribution in [2.45, 2.75) is 66.6 Å². The third-order valence-electron chi connectivity index (χ3n) is 2.04. The molecular weight excluding hydrogens is 348 g/mol. The lowest BCUT2D eigenvalue weighted by atomic mass is 10.2. The fourth-order valence-electron chi connectivity index (χ4n) is 0.911. The highest BCUT2D eigenvalue weighted by Crippen LogP contribution is 2.10. The molecule has 0 N–H and O–H groups in total. The quantitative estimate of drug-likeness (QED) is 0.172. The lowest BCUT2D eigenvalue weighted by Crippen LogP contribution is -2.20. The van der Waals surface area contributed by atoms with Crippen LogP contribution in [0.25, 0.3) is 0 Å². The summed E-state index contributed by atoms with van der Waals surface area (Å²) in [5, 5.41) is 0. The number of rotatable bonds is 6. The summed E-state index contributed by atoms with van der Waals surface area (Å²) in [6.07, 6.45) is 0.436. The van der Waals surface area contributed by atoms with Gasteiger partial charge in [0, 0.05) is 0 Å². The largest absolute Gasteiger partial charge is 0.524 e. The van der Waals surface area contributed by atoms with E-state index < -0.39 is 29.3 Å². The Balaban J connectivity index is 4.46. The van der Waals surface area contributed by atoms with E-state index in [9.17, 15) is 14.4 Å². The van der Waals surface area contributed by atoms with Crippen molar-refractivity contribution in [3.05, 3.63) is 23.7 Å². The number of carbonyl (C=O) groups excluding carboxylic acids is 3. The summed E-state index contributed by atoms with van der Waals surface area (Å²) < 4.78 is 8.70. The van der Waals surface area contributed by atoms with Crippen LogP contribution in [0, 0.1) is 0 Å². The first-order valence-corrected chi connectivity index (χ1v) is 7.72. The maximum absolute atomic E-state index is 11.6. The maximum atomic E-state index is 11.6. The minimum Gasteiger partial charge on any atom is -0.356 e. The Hall–Kier alpha value is -2.39. The summed E-state index contributed by atoms with van der Waals surface area (Å²) in [6, 6.07) is 0. The molecule has 0 aliphatic carbocycles. The Morgan fingerprint density at radius 3 is 1.23 bits per heavy atom. The van der Waals surface area contributed by atoms with Crippen LogP contribution in [0.1, 0.15) is 55.4 Å². The number of hydrogen-bond acceptors (Lipinski definition) is 9. The zero-order chi connectivity index (χ0) is 20.5. The van der Waals surface area contributed by atoms with Crippen molar-refractivity contribution in [2.75, 3.05) is 0 Å². The van der Waals surface area contributed by atoms with Gasteiger partial charge in [-0.3, -0.25) is 0 Å². The molecule has 0 rings (SSSR count). The molecule has 0 heterocycles. The molecule has 0 aliphatic rings. The first-order valence-electron chi connectivity index (χ1n) is 7.72. The first kappa shape index (κ1) is 23.6. The van der Waals surface area contributed by atoms with Gasteiger partial charge in [-0.1, -0.05) is 0 Å². The van der Waals surface area contributed by atoms with Crippen molar-refractivity contribution in [3.8, 4) is 0 Å². The van der Waals surface area contributed by atoms with Gasteiger partial charge in [-0.2, -0.15) is 9.78 Å². The van der Waals surface area contributed by atoms with Crippen molar-refractivity contribution in [1.82, 2.24) is 0 Å². The summed E-state index contributed by atoms with van der Waals surface area (Å²) >= 11 is 0. The van der Waals surface area contributed by atoms with E-state index in [1.165, 1.54) is 13.8 Å². The Bertz CT molecular complexity index is 524. The zero-order valence-corrected chi connectivity index (χ0v) is 16.3. The fraction of sp³-hybridized carbons (Fsp3) is 0.588. The summed E-state index contributed by atoms with van der Waals surface area (Å²) in [5.74, 6) is -2.12. The molecule has 0 saturated heterocycles. The number of carbonyl (C=O) groups is 3. The van der Waals surface area contributed by atoms with Crippen LogP contribution in [0.3, 0.4) is 0 Å². The van der Waals surface area contributed by atoms with Crippen molar-refractivity contribution >= 4 is 18.1 Å². The second kappa shape index (κ2) is 9.93. The smallest absolute Gasteiger partial charge is 0.356 e. The molecular formula is C17H26O9. The maximum Gasteiger partial charge on any atom is 0.524 e. The van der Waals surface area contributed by atoms with Gasteiger partial charge in [-0.15, -0.1) is 0 Å².